The van der Waals surface area contributed by atoms with E-state index in [1.807, 2.05) is 24.3 Å². The fourth-order valence-corrected chi connectivity index (χ4v) is 2.85. The highest BCUT2D eigenvalue weighted by atomic mass is 14.9. The van der Waals surface area contributed by atoms with E-state index in [0.29, 0.717) is 0 Å². The Labute approximate surface area is 134 Å². The first-order valence-electron chi connectivity index (χ1n) is 8.39. The minimum absolute atomic E-state index is 0.827. The minimum atomic E-state index is 0.827. The van der Waals surface area contributed by atoms with E-state index in [9.17, 15) is 0 Å². The van der Waals surface area contributed by atoms with Crippen LogP contribution in [0.3, 0.4) is 0 Å². The normalized spacial score (nSPS) is 12.1. The monoisotopic (exact) mass is 296 g/mol. The zero-order valence-electron chi connectivity index (χ0n) is 13.8. The van der Waals surface area contributed by atoms with Crippen LogP contribution in [0, 0.1) is 5.92 Å². The molecule has 0 aliphatic heterocycles. The van der Waals surface area contributed by atoms with Crippen molar-refractivity contribution < 1.29 is 0 Å². The first-order valence-corrected chi connectivity index (χ1v) is 8.39. The summed E-state index contributed by atoms with van der Waals surface area (Å²) in [5.74, 6) is 0.832. The van der Waals surface area contributed by atoms with Gasteiger partial charge in [-0.05, 0) is 42.5 Å². The molecular weight excluding hydrogens is 268 g/mol. The van der Waals surface area contributed by atoms with E-state index in [1.54, 1.807) is 0 Å². The largest absolute Gasteiger partial charge is 0.398 e. The van der Waals surface area contributed by atoms with E-state index in [1.165, 1.54) is 31.2 Å². The molecule has 1 atom stereocenters. The number of anilines is 2. The summed E-state index contributed by atoms with van der Waals surface area (Å²) in [6, 6.07) is 16.5. The van der Waals surface area contributed by atoms with Crippen LogP contribution in [0.15, 0.2) is 48.5 Å². The third kappa shape index (κ3) is 4.80. The molecule has 0 saturated heterocycles. The van der Waals surface area contributed by atoms with Crippen LogP contribution in [-0.2, 0) is 0 Å². The van der Waals surface area contributed by atoms with E-state index < -0.39 is 0 Å². The summed E-state index contributed by atoms with van der Waals surface area (Å²) >= 11 is 0. The number of hydrogen-bond acceptors (Lipinski definition) is 2. The van der Waals surface area contributed by atoms with Crippen LogP contribution in [0.1, 0.15) is 39.5 Å². The Hall–Kier alpha value is -1.96. The lowest BCUT2D eigenvalue weighted by Crippen LogP contribution is -2.04. The van der Waals surface area contributed by atoms with Crippen LogP contribution in [0.4, 0.5) is 11.4 Å². The third-order valence-electron chi connectivity index (χ3n) is 4.12. The molecule has 0 heterocycles. The highest BCUT2D eigenvalue weighted by molar-refractivity contribution is 5.79. The Bertz CT molecular complexity index is 563. The molecule has 0 fully saturated rings. The van der Waals surface area contributed by atoms with Crippen LogP contribution >= 0.6 is 0 Å². The van der Waals surface area contributed by atoms with Crippen molar-refractivity contribution in [2.45, 2.75) is 39.5 Å². The van der Waals surface area contributed by atoms with E-state index in [-0.39, 0.29) is 0 Å². The smallest absolute Gasteiger partial charge is 0.0395 e. The zero-order valence-corrected chi connectivity index (χ0v) is 13.8. The summed E-state index contributed by atoms with van der Waals surface area (Å²) in [6.45, 7) is 5.63. The first-order chi connectivity index (χ1) is 10.7. The van der Waals surface area contributed by atoms with Crippen molar-refractivity contribution >= 4 is 11.4 Å². The fourth-order valence-electron chi connectivity index (χ4n) is 2.85. The van der Waals surface area contributed by atoms with E-state index >= 15 is 0 Å². The van der Waals surface area contributed by atoms with Crippen molar-refractivity contribution in [3.8, 4) is 11.1 Å². The van der Waals surface area contributed by atoms with Gasteiger partial charge >= 0.3 is 0 Å². The summed E-state index contributed by atoms with van der Waals surface area (Å²) in [7, 11) is 0. The highest BCUT2D eigenvalue weighted by Gasteiger charge is 2.04. The number of hydrogen-bond donors (Lipinski definition) is 2. The average Bonchev–Trinajstić information content (AvgIpc) is 2.54. The van der Waals surface area contributed by atoms with Crippen molar-refractivity contribution in [2.75, 3.05) is 17.6 Å². The molecule has 2 nitrogen and oxygen atoms in total. The lowest BCUT2D eigenvalue weighted by molar-refractivity contribution is 0.476. The summed E-state index contributed by atoms with van der Waals surface area (Å²) in [5.41, 5.74) is 10.4. The van der Waals surface area contributed by atoms with E-state index in [0.717, 1.165) is 29.4 Å². The molecule has 0 aliphatic rings. The molecule has 0 aromatic heterocycles. The summed E-state index contributed by atoms with van der Waals surface area (Å²) in [6.07, 6.45) is 5.13. The lowest BCUT2D eigenvalue weighted by Gasteiger charge is -2.13. The standard InChI is InChI=1S/C20H28N2/c1-3-8-16(2)9-7-14-22-18-12-13-20(21)19(15-18)17-10-5-4-6-11-17/h4-6,10-13,15-16,22H,3,7-9,14,21H2,1-2H3. The van der Waals surface area contributed by atoms with Gasteiger partial charge in [0.2, 0.25) is 0 Å². The number of nitrogen functional groups attached to an aromatic ring is 1. The highest BCUT2D eigenvalue weighted by Crippen LogP contribution is 2.28. The summed E-state index contributed by atoms with van der Waals surface area (Å²) in [4.78, 5) is 0. The van der Waals surface area contributed by atoms with Gasteiger partial charge in [0.05, 0.1) is 0 Å². The number of nitrogens with two attached hydrogens (primary N) is 1. The molecule has 118 valence electrons. The number of rotatable bonds is 8. The molecule has 0 bridgehead atoms. The Morgan fingerprint density at radius 2 is 1.82 bits per heavy atom. The van der Waals surface area contributed by atoms with Gasteiger partial charge in [-0.2, -0.15) is 0 Å². The van der Waals surface area contributed by atoms with E-state index in [2.05, 4.69) is 43.4 Å². The second-order valence-electron chi connectivity index (χ2n) is 6.13. The van der Waals surface area contributed by atoms with Gasteiger partial charge in [-0.15, -0.1) is 0 Å². The molecule has 0 saturated carbocycles. The van der Waals surface area contributed by atoms with Crippen molar-refractivity contribution in [1.82, 2.24) is 0 Å². The van der Waals surface area contributed by atoms with Gasteiger partial charge < -0.3 is 11.1 Å². The van der Waals surface area contributed by atoms with Gasteiger partial charge in [-0.3, -0.25) is 0 Å². The SMILES string of the molecule is CCCC(C)CCCNc1ccc(N)c(-c2ccccc2)c1. The van der Waals surface area contributed by atoms with E-state index in [4.69, 9.17) is 5.73 Å². The van der Waals surface area contributed by atoms with Gasteiger partial charge in [0.15, 0.2) is 0 Å². The Morgan fingerprint density at radius 1 is 1.05 bits per heavy atom. The first kappa shape index (κ1) is 16.4. The Kier molecular flexibility index (Phi) is 6.32. The lowest BCUT2D eigenvalue weighted by atomic mass is 10.0. The second-order valence-corrected chi connectivity index (χ2v) is 6.13. The molecule has 22 heavy (non-hydrogen) atoms. The molecule has 2 heteroatoms. The number of benzene rings is 2. The fraction of sp³-hybridized carbons (Fsp3) is 0.400. The molecule has 0 aliphatic carbocycles. The molecule has 2 rings (SSSR count). The summed E-state index contributed by atoms with van der Waals surface area (Å²) in [5, 5.41) is 3.52. The van der Waals surface area contributed by atoms with Gasteiger partial charge in [0.1, 0.15) is 0 Å². The van der Waals surface area contributed by atoms with Crippen molar-refractivity contribution in [3.63, 3.8) is 0 Å². The number of nitrogens with one attached hydrogen (secondary N) is 1. The average molecular weight is 296 g/mol. The van der Waals surface area contributed by atoms with Gasteiger partial charge in [-0.25, -0.2) is 0 Å². The maximum absolute atomic E-state index is 6.12. The molecule has 0 spiro atoms. The predicted molar refractivity (Wildman–Crippen MR) is 98.1 cm³/mol. The topological polar surface area (TPSA) is 38.0 Å². The predicted octanol–water partition coefficient (Wildman–Crippen LogP) is 5.56. The van der Waals surface area contributed by atoms with Crippen LogP contribution < -0.4 is 11.1 Å². The van der Waals surface area contributed by atoms with Crippen LogP contribution in [0.2, 0.25) is 0 Å². The van der Waals surface area contributed by atoms with Crippen molar-refractivity contribution in [3.05, 3.63) is 48.5 Å². The molecule has 0 amide bonds. The molecule has 3 N–H and O–H groups in total. The van der Waals surface area contributed by atoms with Crippen molar-refractivity contribution in [1.29, 1.82) is 0 Å². The maximum Gasteiger partial charge on any atom is 0.0395 e. The molecule has 2 aromatic carbocycles. The van der Waals surface area contributed by atoms with Crippen LogP contribution in [-0.4, -0.2) is 6.54 Å². The van der Waals surface area contributed by atoms with Crippen LogP contribution in [0.25, 0.3) is 11.1 Å². The molecule has 1 unspecified atom stereocenters. The van der Waals surface area contributed by atoms with Crippen molar-refractivity contribution in [2.24, 2.45) is 5.92 Å². The molecular formula is C20H28N2. The Morgan fingerprint density at radius 3 is 2.55 bits per heavy atom. The van der Waals surface area contributed by atoms with Gasteiger partial charge in [0.25, 0.3) is 0 Å². The van der Waals surface area contributed by atoms with Gasteiger partial charge in [0, 0.05) is 23.5 Å². The Balaban J connectivity index is 1.93. The zero-order chi connectivity index (χ0) is 15.8. The minimum Gasteiger partial charge on any atom is -0.398 e. The molecule has 0 radical (unpaired) electrons. The van der Waals surface area contributed by atoms with Crippen LogP contribution in [0.5, 0.6) is 0 Å². The second kappa shape index (κ2) is 8.47. The maximum atomic E-state index is 6.12. The summed E-state index contributed by atoms with van der Waals surface area (Å²) < 4.78 is 0. The van der Waals surface area contributed by atoms with Gasteiger partial charge in [-0.1, -0.05) is 57.0 Å². The quantitative estimate of drug-likeness (QED) is 0.494. The molecule has 2 aromatic rings. The third-order valence-corrected chi connectivity index (χ3v) is 4.12.